The van der Waals surface area contributed by atoms with Crippen LogP contribution in [0.3, 0.4) is 0 Å². The van der Waals surface area contributed by atoms with Crippen molar-refractivity contribution in [3.8, 4) is 6.07 Å². The highest BCUT2D eigenvalue weighted by Gasteiger charge is 2.06. The van der Waals surface area contributed by atoms with Crippen LogP contribution in [-0.2, 0) is 0 Å². The summed E-state index contributed by atoms with van der Waals surface area (Å²) in [4.78, 5) is 4.50. The highest BCUT2D eigenvalue weighted by molar-refractivity contribution is 5.83. The number of para-hydroxylation sites is 1. The number of nitrogens with two attached hydrogens (primary N) is 1. The van der Waals surface area contributed by atoms with Gasteiger partial charge in [-0.1, -0.05) is 18.2 Å². The SMILES string of the molecule is N#Cc1cc2ccccc2nc1Nc1ccc(N)cc1. The minimum atomic E-state index is 0.514. The number of hydrogen-bond acceptors (Lipinski definition) is 4. The van der Waals surface area contributed by atoms with Crippen molar-refractivity contribution in [3.05, 3.63) is 60.2 Å². The zero-order chi connectivity index (χ0) is 13.9. The summed E-state index contributed by atoms with van der Waals surface area (Å²) >= 11 is 0. The number of nitrogen functional groups attached to an aromatic ring is 1. The predicted molar refractivity (Wildman–Crippen MR) is 80.6 cm³/mol. The molecule has 4 heteroatoms. The first-order valence-electron chi connectivity index (χ1n) is 6.19. The maximum atomic E-state index is 9.25. The Morgan fingerprint density at radius 1 is 1.05 bits per heavy atom. The maximum absolute atomic E-state index is 9.25. The second kappa shape index (κ2) is 4.90. The van der Waals surface area contributed by atoms with Crippen molar-refractivity contribution in [2.75, 3.05) is 11.1 Å². The summed E-state index contributed by atoms with van der Waals surface area (Å²) in [5.41, 5.74) is 8.56. The van der Waals surface area contributed by atoms with Crippen molar-refractivity contribution in [3.63, 3.8) is 0 Å². The van der Waals surface area contributed by atoms with E-state index < -0.39 is 0 Å². The molecule has 0 aliphatic heterocycles. The van der Waals surface area contributed by atoms with Crippen molar-refractivity contribution in [1.29, 1.82) is 5.26 Å². The number of nitriles is 1. The zero-order valence-corrected chi connectivity index (χ0v) is 10.7. The number of anilines is 3. The highest BCUT2D eigenvalue weighted by Crippen LogP contribution is 2.23. The molecule has 0 spiro atoms. The van der Waals surface area contributed by atoms with E-state index in [0.29, 0.717) is 17.1 Å². The molecule has 20 heavy (non-hydrogen) atoms. The van der Waals surface area contributed by atoms with E-state index in [1.165, 1.54) is 0 Å². The molecule has 96 valence electrons. The second-order valence-electron chi connectivity index (χ2n) is 4.44. The summed E-state index contributed by atoms with van der Waals surface area (Å²) in [6.45, 7) is 0. The molecule has 0 fully saturated rings. The molecule has 0 aliphatic carbocycles. The van der Waals surface area contributed by atoms with E-state index in [1.807, 2.05) is 42.5 Å². The number of rotatable bonds is 2. The van der Waals surface area contributed by atoms with Crippen molar-refractivity contribution >= 4 is 28.1 Å². The minimum absolute atomic E-state index is 0.514. The Hall–Kier alpha value is -3.06. The molecule has 3 aromatic rings. The maximum Gasteiger partial charge on any atom is 0.149 e. The first-order valence-corrected chi connectivity index (χ1v) is 6.19. The molecule has 0 amide bonds. The van der Waals surface area contributed by atoms with Crippen LogP contribution in [0.25, 0.3) is 10.9 Å². The van der Waals surface area contributed by atoms with E-state index in [1.54, 1.807) is 12.1 Å². The van der Waals surface area contributed by atoms with Gasteiger partial charge in [0, 0.05) is 16.8 Å². The van der Waals surface area contributed by atoms with Crippen LogP contribution in [-0.4, -0.2) is 4.98 Å². The van der Waals surface area contributed by atoms with E-state index in [0.717, 1.165) is 16.6 Å². The van der Waals surface area contributed by atoms with Gasteiger partial charge >= 0.3 is 0 Å². The van der Waals surface area contributed by atoms with Gasteiger partial charge in [-0.05, 0) is 36.4 Å². The third-order valence-corrected chi connectivity index (χ3v) is 3.02. The minimum Gasteiger partial charge on any atom is -0.399 e. The fraction of sp³-hybridized carbons (Fsp3) is 0. The summed E-state index contributed by atoms with van der Waals surface area (Å²) in [5.74, 6) is 0.552. The van der Waals surface area contributed by atoms with Gasteiger partial charge in [-0.15, -0.1) is 0 Å². The van der Waals surface area contributed by atoms with E-state index in [9.17, 15) is 5.26 Å². The zero-order valence-electron chi connectivity index (χ0n) is 10.7. The smallest absolute Gasteiger partial charge is 0.149 e. The summed E-state index contributed by atoms with van der Waals surface area (Å²) < 4.78 is 0. The normalized spacial score (nSPS) is 10.2. The van der Waals surface area contributed by atoms with Crippen LogP contribution in [0.5, 0.6) is 0 Å². The van der Waals surface area contributed by atoms with Gasteiger partial charge in [-0.2, -0.15) is 5.26 Å². The van der Waals surface area contributed by atoms with Crippen molar-refractivity contribution in [1.82, 2.24) is 4.98 Å². The molecule has 0 radical (unpaired) electrons. The van der Waals surface area contributed by atoms with E-state index in [-0.39, 0.29) is 0 Å². The quantitative estimate of drug-likeness (QED) is 0.692. The lowest BCUT2D eigenvalue weighted by atomic mass is 10.1. The van der Waals surface area contributed by atoms with Gasteiger partial charge in [-0.3, -0.25) is 0 Å². The van der Waals surface area contributed by atoms with Crippen LogP contribution in [0.15, 0.2) is 54.6 Å². The van der Waals surface area contributed by atoms with Gasteiger partial charge in [0.2, 0.25) is 0 Å². The highest BCUT2D eigenvalue weighted by atomic mass is 15.0. The lowest BCUT2D eigenvalue weighted by molar-refractivity contribution is 1.34. The van der Waals surface area contributed by atoms with E-state index in [4.69, 9.17) is 5.73 Å². The standard InChI is InChI=1S/C16H12N4/c17-10-12-9-11-3-1-2-4-15(11)20-16(12)19-14-7-5-13(18)6-8-14/h1-9H,18H2,(H,19,20). The topological polar surface area (TPSA) is 74.7 Å². The number of pyridine rings is 1. The second-order valence-corrected chi connectivity index (χ2v) is 4.44. The van der Waals surface area contributed by atoms with Crippen LogP contribution < -0.4 is 11.1 Å². The Balaban J connectivity index is 2.06. The Morgan fingerprint density at radius 2 is 1.80 bits per heavy atom. The molecule has 3 N–H and O–H groups in total. The first-order chi connectivity index (χ1) is 9.76. The molecule has 0 saturated carbocycles. The number of aromatic nitrogens is 1. The van der Waals surface area contributed by atoms with Gasteiger partial charge < -0.3 is 11.1 Å². The average molecular weight is 260 g/mol. The monoisotopic (exact) mass is 260 g/mol. The number of nitrogens with zero attached hydrogens (tertiary/aromatic N) is 2. The van der Waals surface area contributed by atoms with Crippen molar-refractivity contribution in [2.24, 2.45) is 0 Å². The van der Waals surface area contributed by atoms with Crippen LogP contribution in [0.2, 0.25) is 0 Å². The van der Waals surface area contributed by atoms with Gasteiger partial charge in [0.05, 0.1) is 11.1 Å². The number of hydrogen-bond donors (Lipinski definition) is 2. The molecule has 0 aliphatic rings. The third-order valence-electron chi connectivity index (χ3n) is 3.02. The Kier molecular flexibility index (Phi) is 2.94. The molecule has 4 nitrogen and oxygen atoms in total. The Labute approximate surface area is 116 Å². The number of nitrogens with one attached hydrogen (secondary N) is 1. The van der Waals surface area contributed by atoms with E-state index >= 15 is 0 Å². The summed E-state index contributed by atoms with van der Waals surface area (Å²) in [7, 11) is 0. The lowest BCUT2D eigenvalue weighted by Crippen LogP contribution is -1.98. The largest absolute Gasteiger partial charge is 0.399 e. The van der Waals surface area contributed by atoms with Crippen molar-refractivity contribution < 1.29 is 0 Å². The molecule has 3 rings (SSSR count). The molecule has 0 unspecified atom stereocenters. The molecular formula is C16H12N4. The fourth-order valence-electron chi connectivity index (χ4n) is 2.00. The van der Waals surface area contributed by atoms with Gasteiger partial charge in [-0.25, -0.2) is 4.98 Å². The fourth-order valence-corrected chi connectivity index (χ4v) is 2.00. The van der Waals surface area contributed by atoms with Crippen molar-refractivity contribution in [2.45, 2.75) is 0 Å². The van der Waals surface area contributed by atoms with Gasteiger partial charge in [0.1, 0.15) is 11.9 Å². The molecule has 0 atom stereocenters. The average Bonchev–Trinajstić information content (AvgIpc) is 2.49. The number of fused-ring (bicyclic) bond motifs is 1. The molecule has 1 heterocycles. The Morgan fingerprint density at radius 3 is 2.55 bits per heavy atom. The lowest BCUT2D eigenvalue weighted by Gasteiger charge is -2.09. The predicted octanol–water partition coefficient (Wildman–Crippen LogP) is 3.43. The summed E-state index contributed by atoms with van der Waals surface area (Å²) in [5, 5.41) is 13.4. The third kappa shape index (κ3) is 2.25. The van der Waals surface area contributed by atoms with E-state index in [2.05, 4.69) is 16.4 Å². The van der Waals surface area contributed by atoms with Crippen LogP contribution in [0.4, 0.5) is 17.2 Å². The molecule has 2 aromatic carbocycles. The van der Waals surface area contributed by atoms with Crippen LogP contribution in [0, 0.1) is 11.3 Å². The number of benzene rings is 2. The Bertz CT molecular complexity index is 801. The molecular weight excluding hydrogens is 248 g/mol. The van der Waals surface area contributed by atoms with Gasteiger partial charge in [0.15, 0.2) is 0 Å². The first kappa shape index (κ1) is 12.0. The van der Waals surface area contributed by atoms with Crippen LogP contribution in [0.1, 0.15) is 5.56 Å². The summed E-state index contributed by atoms with van der Waals surface area (Å²) in [6, 6.07) is 19.0. The molecule has 0 saturated heterocycles. The van der Waals surface area contributed by atoms with Crippen LogP contribution >= 0.6 is 0 Å². The van der Waals surface area contributed by atoms with Gasteiger partial charge in [0.25, 0.3) is 0 Å². The molecule has 1 aromatic heterocycles. The summed E-state index contributed by atoms with van der Waals surface area (Å²) in [6.07, 6.45) is 0. The molecule has 0 bridgehead atoms.